The smallest absolute Gasteiger partial charge is 0.406 e. The number of carbonyl (C=O) groups is 2. The van der Waals surface area contributed by atoms with Gasteiger partial charge >= 0.3 is 7.05 Å². The van der Waals surface area contributed by atoms with Crippen LogP contribution in [0.25, 0.3) is 0 Å². The van der Waals surface area contributed by atoms with E-state index >= 15 is 0 Å². The molecule has 2 rings (SSSR count). The van der Waals surface area contributed by atoms with Crippen molar-refractivity contribution in [2.45, 2.75) is 77.7 Å². The molecule has 43 heavy (non-hydrogen) atoms. The number of amides is 2. The average molecular weight is 597 g/mol. The lowest BCUT2D eigenvalue weighted by atomic mass is 9.66. The van der Waals surface area contributed by atoms with E-state index in [-0.39, 0.29) is 24.6 Å². The quantitative estimate of drug-likeness (QED) is 0.132. The Morgan fingerprint density at radius 2 is 1.77 bits per heavy atom. The molecule has 1 aromatic carbocycles. The van der Waals surface area contributed by atoms with Gasteiger partial charge in [0, 0.05) is 39.1 Å². The zero-order chi connectivity index (χ0) is 31.3. The van der Waals surface area contributed by atoms with Crippen molar-refractivity contribution in [3.63, 3.8) is 0 Å². The number of hydrogen-bond donors (Lipinski definition) is 3. The van der Waals surface area contributed by atoms with Crippen LogP contribution in [0.1, 0.15) is 75.3 Å². The second-order valence-corrected chi connectivity index (χ2v) is 11.4. The maximum absolute atomic E-state index is 14.0. The van der Waals surface area contributed by atoms with Crippen molar-refractivity contribution in [3.05, 3.63) is 60.2 Å². The van der Waals surface area contributed by atoms with Gasteiger partial charge in [0.2, 0.25) is 5.91 Å². The van der Waals surface area contributed by atoms with E-state index < -0.39 is 11.9 Å². The fourth-order valence-electron chi connectivity index (χ4n) is 5.01. The molecule has 0 aliphatic carbocycles. The number of nitrogens with zero attached hydrogens (tertiary/aromatic N) is 3. The zero-order valence-corrected chi connectivity index (χ0v) is 26.9. The molecule has 2 amide bonds. The van der Waals surface area contributed by atoms with Crippen LogP contribution >= 0.6 is 0 Å². The fourth-order valence-corrected chi connectivity index (χ4v) is 5.01. The van der Waals surface area contributed by atoms with E-state index in [1.807, 2.05) is 37.4 Å². The summed E-state index contributed by atoms with van der Waals surface area (Å²) in [6, 6.07) is 8.89. The molecule has 3 N–H and O–H groups in total. The Hall–Kier alpha value is -2.86. The number of ether oxygens (including phenoxy) is 1. The number of nitrogens with one attached hydrogen (secondary N) is 3. The van der Waals surface area contributed by atoms with Gasteiger partial charge in [-0.15, -0.1) is 0 Å². The van der Waals surface area contributed by atoms with Crippen molar-refractivity contribution in [1.82, 2.24) is 30.7 Å². The molecule has 10 nitrogen and oxygen atoms in total. The molecule has 0 aliphatic rings. The van der Waals surface area contributed by atoms with Crippen molar-refractivity contribution in [2.24, 2.45) is 5.92 Å². The Labute approximate surface area is 259 Å². The molecule has 0 saturated heterocycles. The number of methoxy groups -OCH3 is 1. The first-order valence-electron chi connectivity index (χ1n) is 15.8. The molecule has 2 aromatic rings. The molecule has 2 atom stereocenters. The number of hydrogen-bond acceptors (Lipinski definition) is 8. The molecular formula is C32H53BN6O4. The van der Waals surface area contributed by atoms with Crippen LogP contribution in [-0.4, -0.2) is 92.6 Å². The van der Waals surface area contributed by atoms with E-state index in [0.29, 0.717) is 32.1 Å². The Morgan fingerprint density at radius 1 is 1.00 bits per heavy atom. The lowest BCUT2D eigenvalue weighted by Crippen LogP contribution is -2.61. The summed E-state index contributed by atoms with van der Waals surface area (Å²) in [5.41, 5.74) is 1.11. The minimum absolute atomic E-state index is 0.164. The normalized spacial score (nSPS) is 12.7. The molecule has 0 aliphatic heterocycles. The second-order valence-electron chi connectivity index (χ2n) is 11.4. The van der Waals surface area contributed by atoms with Gasteiger partial charge in [0.25, 0.3) is 5.91 Å². The van der Waals surface area contributed by atoms with Gasteiger partial charge in [0.1, 0.15) is 11.7 Å². The van der Waals surface area contributed by atoms with Crippen molar-refractivity contribution in [3.8, 4) is 0 Å². The molecule has 11 heteroatoms. The van der Waals surface area contributed by atoms with Gasteiger partial charge in [-0.05, 0) is 57.3 Å². The SMILES string of the molecule is CCCOB([C@H](CC(C)C)NC(=O)[C@H](Cc1ccccc1)NC(=O)c1cnccn1)N(CCCCCCNC)CCOC. The molecule has 0 radical (unpaired) electrons. The summed E-state index contributed by atoms with van der Waals surface area (Å²) in [6.45, 7) is 10.1. The highest BCUT2D eigenvalue weighted by Gasteiger charge is 2.37. The number of benzene rings is 1. The van der Waals surface area contributed by atoms with Crippen LogP contribution in [0.4, 0.5) is 0 Å². The van der Waals surface area contributed by atoms with Crippen LogP contribution in [0.15, 0.2) is 48.9 Å². The summed E-state index contributed by atoms with van der Waals surface area (Å²) in [4.78, 5) is 37.5. The Morgan fingerprint density at radius 3 is 2.42 bits per heavy atom. The average Bonchev–Trinajstić information content (AvgIpc) is 3.01. The number of carbonyl (C=O) groups excluding carboxylic acids is 2. The summed E-state index contributed by atoms with van der Waals surface area (Å²) in [7, 11) is 3.36. The van der Waals surface area contributed by atoms with E-state index in [1.54, 1.807) is 7.11 Å². The lowest BCUT2D eigenvalue weighted by Gasteiger charge is -2.35. The first-order chi connectivity index (χ1) is 20.9. The predicted octanol–water partition coefficient (Wildman–Crippen LogP) is 3.53. The van der Waals surface area contributed by atoms with E-state index in [9.17, 15) is 9.59 Å². The van der Waals surface area contributed by atoms with Crippen molar-refractivity contribution < 1.29 is 19.0 Å². The second kappa shape index (κ2) is 21.8. The molecule has 0 bridgehead atoms. The zero-order valence-electron chi connectivity index (χ0n) is 26.9. The summed E-state index contributed by atoms with van der Waals surface area (Å²) in [6.07, 6.45) is 10.8. The van der Waals surface area contributed by atoms with Crippen LogP contribution < -0.4 is 16.0 Å². The summed E-state index contributed by atoms with van der Waals surface area (Å²) in [5, 5.41) is 9.43. The van der Waals surface area contributed by atoms with Gasteiger partial charge in [-0.25, -0.2) is 4.98 Å². The summed E-state index contributed by atoms with van der Waals surface area (Å²) >= 11 is 0. The molecule has 0 unspecified atom stereocenters. The Bertz CT molecular complexity index is 1020. The summed E-state index contributed by atoms with van der Waals surface area (Å²) < 4.78 is 12.0. The number of rotatable bonds is 23. The largest absolute Gasteiger partial charge is 0.420 e. The highest BCUT2D eigenvalue weighted by atomic mass is 16.5. The van der Waals surface area contributed by atoms with E-state index in [0.717, 1.165) is 57.2 Å². The standard InChI is InChI=1S/C32H53BN6O4/c1-6-21-43-33(39(20-22-42-5)19-13-8-7-12-16-34-4)30(23-26(2)3)38-31(40)28(24-27-14-10-9-11-15-27)37-32(41)29-25-35-17-18-36-29/h9-11,14-15,17-18,25-26,28,30,34H,6-8,12-13,16,19-24H2,1-5H3,(H,37,41)(H,38,40)/t28-,30-/m0/s1. The van der Waals surface area contributed by atoms with Crippen molar-refractivity contribution in [1.29, 1.82) is 0 Å². The monoisotopic (exact) mass is 596 g/mol. The molecular weight excluding hydrogens is 543 g/mol. The van der Waals surface area contributed by atoms with E-state index in [4.69, 9.17) is 9.39 Å². The molecule has 1 heterocycles. The third-order valence-electron chi connectivity index (χ3n) is 7.15. The van der Waals surface area contributed by atoms with Gasteiger partial charge in [-0.3, -0.25) is 14.6 Å². The van der Waals surface area contributed by atoms with Crippen LogP contribution in [0.3, 0.4) is 0 Å². The van der Waals surface area contributed by atoms with E-state index in [1.165, 1.54) is 18.6 Å². The fraction of sp³-hybridized carbons (Fsp3) is 0.625. The van der Waals surface area contributed by atoms with Crippen LogP contribution in [-0.2, 0) is 20.6 Å². The minimum atomic E-state index is -0.807. The van der Waals surface area contributed by atoms with Crippen LogP contribution in [0.2, 0.25) is 0 Å². The first-order valence-corrected chi connectivity index (χ1v) is 15.8. The number of aromatic nitrogens is 2. The van der Waals surface area contributed by atoms with Crippen LogP contribution in [0.5, 0.6) is 0 Å². The van der Waals surface area contributed by atoms with E-state index in [2.05, 4.69) is 51.5 Å². The highest BCUT2D eigenvalue weighted by molar-refractivity contribution is 6.51. The maximum atomic E-state index is 14.0. The molecule has 238 valence electrons. The Balaban J connectivity index is 2.30. The predicted molar refractivity (Wildman–Crippen MR) is 173 cm³/mol. The molecule has 0 fully saturated rings. The highest BCUT2D eigenvalue weighted by Crippen LogP contribution is 2.15. The first kappa shape index (κ1) is 36.3. The topological polar surface area (TPSA) is 118 Å². The van der Waals surface area contributed by atoms with Gasteiger partial charge in [0.15, 0.2) is 0 Å². The molecule has 1 aromatic heterocycles. The summed E-state index contributed by atoms with van der Waals surface area (Å²) in [5.74, 6) is -0.670. The Kier molecular flexibility index (Phi) is 18.4. The van der Waals surface area contributed by atoms with Crippen LogP contribution in [0, 0.1) is 5.92 Å². The third-order valence-corrected chi connectivity index (χ3v) is 7.15. The van der Waals surface area contributed by atoms with Gasteiger partial charge in [-0.1, -0.05) is 63.9 Å². The van der Waals surface area contributed by atoms with Crippen molar-refractivity contribution in [2.75, 3.05) is 47.0 Å². The molecule has 0 spiro atoms. The van der Waals surface area contributed by atoms with Gasteiger partial charge < -0.3 is 30.2 Å². The van der Waals surface area contributed by atoms with Crippen molar-refractivity contribution >= 4 is 18.9 Å². The molecule has 0 saturated carbocycles. The number of unbranched alkanes of at least 4 members (excludes halogenated alkanes) is 3. The third kappa shape index (κ3) is 14.4. The van der Waals surface area contributed by atoms with Gasteiger partial charge in [0.05, 0.1) is 18.7 Å². The lowest BCUT2D eigenvalue weighted by molar-refractivity contribution is -0.123. The van der Waals surface area contributed by atoms with Gasteiger partial charge in [-0.2, -0.15) is 0 Å². The maximum Gasteiger partial charge on any atom is 0.406 e. The minimum Gasteiger partial charge on any atom is -0.420 e.